The van der Waals surface area contributed by atoms with Gasteiger partial charge in [0.25, 0.3) is 0 Å². The lowest BCUT2D eigenvalue weighted by Crippen LogP contribution is -2.47. The molecule has 0 saturated carbocycles. The molecule has 1 aromatic rings. The van der Waals surface area contributed by atoms with Gasteiger partial charge in [-0.25, -0.2) is 4.79 Å². The Hall–Kier alpha value is -2.26. The first-order chi connectivity index (χ1) is 9.28. The third-order valence-corrected chi connectivity index (χ3v) is 2.16. The summed E-state index contributed by atoms with van der Waals surface area (Å²) in [4.78, 5) is 22.2. The molecule has 2 amide bonds. The van der Waals surface area contributed by atoms with Crippen LogP contribution in [0.1, 0.15) is 0 Å². The molecule has 0 spiro atoms. The number of carbonyl (C=O) groups excluding carboxylic acids is 1. The summed E-state index contributed by atoms with van der Waals surface area (Å²) < 4.78 is 38.2. The maximum atomic E-state index is 12.2. The van der Waals surface area contributed by atoms with Crippen LogP contribution in [0.2, 0.25) is 0 Å². The number of amides is 2. The van der Waals surface area contributed by atoms with Crippen LogP contribution in [0.25, 0.3) is 0 Å². The minimum absolute atomic E-state index is 0.0362. The number of hydrogen-bond acceptors (Lipinski definition) is 3. The standard InChI is InChI=1S/C10H13F3N4O3/c11-10(12,13)7-16(6-8(18)19)9(20)14-3-5-17-4-1-2-15-17/h1-2,4H,3,5-7H2,(H,14,20)(H,18,19). The van der Waals surface area contributed by atoms with Gasteiger partial charge in [0.1, 0.15) is 13.1 Å². The molecule has 0 aliphatic heterocycles. The van der Waals surface area contributed by atoms with Crippen molar-refractivity contribution in [2.24, 2.45) is 0 Å². The highest BCUT2D eigenvalue weighted by atomic mass is 19.4. The summed E-state index contributed by atoms with van der Waals surface area (Å²) in [5, 5.41) is 14.6. The molecule has 0 aliphatic rings. The van der Waals surface area contributed by atoms with E-state index in [-0.39, 0.29) is 18.0 Å². The summed E-state index contributed by atoms with van der Waals surface area (Å²) in [6.45, 7) is -2.33. The number of hydrogen-bond donors (Lipinski definition) is 2. The Morgan fingerprint density at radius 1 is 1.40 bits per heavy atom. The lowest BCUT2D eigenvalue weighted by Gasteiger charge is -2.22. The Labute approximate surface area is 112 Å². The normalized spacial score (nSPS) is 11.2. The fraction of sp³-hybridized carbons (Fsp3) is 0.500. The molecule has 0 atom stereocenters. The number of carboxylic acids is 1. The molecule has 20 heavy (non-hydrogen) atoms. The van der Waals surface area contributed by atoms with Crippen molar-refractivity contribution in [3.05, 3.63) is 18.5 Å². The zero-order valence-corrected chi connectivity index (χ0v) is 10.3. The smallest absolute Gasteiger partial charge is 0.406 e. The molecule has 0 aromatic carbocycles. The monoisotopic (exact) mass is 294 g/mol. The number of alkyl halides is 3. The number of nitrogens with zero attached hydrogens (tertiary/aromatic N) is 3. The minimum atomic E-state index is -4.66. The molecule has 0 unspecified atom stereocenters. The number of urea groups is 1. The van der Waals surface area contributed by atoms with E-state index in [1.54, 1.807) is 12.3 Å². The average molecular weight is 294 g/mol. The number of rotatable bonds is 6. The van der Waals surface area contributed by atoms with Crippen molar-refractivity contribution in [2.45, 2.75) is 12.7 Å². The zero-order chi connectivity index (χ0) is 15.2. The number of aliphatic carboxylic acids is 1. The van der Waals surface area contributed by atoms with Crippen LogP contribution >= 0.6 is 0 Å². The van der Waals surface area contributed by atoms with E-state index in [0.717, 1.165) is 0 Å². The SMILES string of the molecule is O=C(O)CN(CC(F)(F)F)C(=O)NCCn1cccn1. The highest BCUT2D eigenvalue weighted by Gasteiger charge is 2.33. The van der Waals surface area contributed by atoms with Crippen molar-refractivity contribution in [1.82, 2.24) is 20.0 Å². The van der Waals surface area contributed by atoms with Crippen LogP contribution in [0.4, 0.5) is 18.0 Å². The molecule has 0 radical (unpaired) electrons. The molecule has 1 aromatic heterocycles. The lowest BCUT2D eigenvalue weighted by molar-refractivity contribution is -0.148. The van der Waals surface area contributed by atoms with E-state index in [9.17, 15) is 22.8 Å². The van der Waals surface area contributed by atoms with Crippen LogP contribution < -0.4 is 5.32 Å². The van der Waals surface area contributed by atoms with Gasteiger partial charge in [-0.3, -0.25) is 9.48 Å². The third-order valence-electron chi connectivity index (χ3n) is 2.16. The number of halogens is 3. The van der Waals surface area contributed by atoms with E-state index in [1.807, 2.05) is 0 Å². The molecule has 1 rings (SSSR count). The van der Waals surface area contributed by atoms with Gasteiger partial charge in [0.2, 0.25) is 0 Å². The van der Waals surface area contributed by atoms with E-state index in [4.69, 9.17) is 5.11 Å². The maximum Gasteiger partial charge on any atom is 0.406 e. The average Bonchev–Trinajstić information content (AvgIpc) is 2.78. The molecule has 2 N–H and O–H groups in total. The van der Waals surface area contributed by atoms with Crippen molar-refractivity contribution in [3.8, 4) is 0 Å². The number of nitrogens with one attached hydrogen (secondary N) is 1. The fourth-order valence-electron chi connectivity index (χ4n) is 1.40. The summed E-state index contributed by atoms with van der Waals surface area (Å²) >= 11 is 0. The third kappa shape index (κ3) is 6.07. The van der Waals surface area contributed by atoms with E-state index >= 15 is 0 Å². The lowest BCUT2D eigenvalue weighted by atomic mass is 10.4. The maximum absolute atomic E-state index is 12.2. The molecule has 112 valence electrons. The van der Waals surface area contributed by atoms with Gasteiger partial charge in [-0.05, 0) is 6.07 Å². The van der Waals surface area contributed by atoms with Crippen molar-refractivity contribution in [1.29, 1.82) is 0 Å². The van der Waals surface area contributed by atoms with Crippen LogP contribution in [0.15, 0.2) is 18.5 Å². The molecule has 10 heteroatoms. The Morgan fingerprint density at radius 3 is 2.60 bits per heavy atom. The van der Waals surface area contributed by atoms with Gasteiger partial charge >= 0.3 is 18.2 Å². The summed E-state index contributed by atoms with van der Waals surface area (Å²) in [5.41, 5.74) is 0. The first-order valence-electron chi connectivity index (χ1n) is 5.56. The first-order valence-corrected chi connectivity index (χ1v) is 5.56. The Morgan fingerprint density at radius 2 is 2.10 bits per heavy atom. The van der Waals surface area contributed by atoms with Crippen molar-refractivity contribution < 1.29 is 27.9 Å². The summed E-state index contributed by atoms with van der Waals surface area (Å²) in [7, 11) is 0. The van der Waals surface area contributed by atoms with Gasteiger partial charge in [-0.2, -0.15) is 18.3 Å². The largest absolute Gasteiger partial charge is 0.480 e. The van der Waals surface area contributed by atoms with Crippen LogP contribution in [-0.2, 0) is 11.3 Å². The summed E-state index contributed by atoms with van der Waals surface area (Å²) in [5.74, 6) is -1.52. The van der Waals surface area contributed by atoms with Gasteiger partial charge in [-0.1, -0.05) is 0 Å². The molecule has 7 nitrogen and oxygen atoms in total. The van der Waals surface area contributed by atoms with E-state index < -0.39 is 31.3 Å². The topological polar surface area (TPSA) is 87.5 Å². The Bertz CT molecular complexity index is 447. The highest BCUT2D eigenvalue weighted by Crippen LogP contribution is 2.16. The summed E-state index contributed by atoms with van der Waals surface area (Å²) in [6, 6.07) is 0.569. The molecule has 1 heterocycles. The van der Waals surface area contributed by atoms with Crippen LogP contribution in [0, 0.1) is 0 Å². The fourth-order valence-corrected chi connectivity index (χ4v) is 1.40. The quantitative estimate of drug-likeness (QED) is 0.801. The molecular weight excluding hydrogens is 281 g/mol. The Kier molecular flexibility index (Phi) is 5.35. The predicted octanol–water partition coefficient (Wildman–Crippen LogP) is 0.542. The van der Waals surface area contributed by atoms with Gasteiger partial charge in [0.05, 0.1) is 6.54 Å². The van der Waals surface area contributed by atoms with Crippen molar-refractivity contribution in [3.63, 3.8) is 0 Å². The van der Waals surface area contributed by atoms with Crippen molar-refractivity contribution in [2.75, 3.05) is 19.6 Å². The molecule has 0 fully saturated rings. The van der Waals surface area contributed by atoms with E-state index in [0.29, 0.717) is 0 Å². The van der Waals surface area contributed by atoms with E-state index in [2.05, 4.69) is 10.4 Å². The molecule has 0 aliphatic carbocycles. The predicted molar refractivity (Wildman–Crippen MR) is 60.9 cm³/mol. The van der Waals surface area contributed by atoms with Crippen LogP contribution in [0.5, 0.6) is 0 Å². The van der Waals surface area contributed by atoms with Gasteiger partial charge < -0.3 is 15.3 Å². The van der Waals surface area contributed by atoms with Gasteiger partial charge in [0.15, 0.2) is 0 Å². The van der Waals surface area contributed by atoms with E-state index in [1.165, 1.54) is 10.9 Å². The molecule has 0 bridgehead atoms. The van der Waals surface area contributed by atoms with Gasteiger partial charge in [0, 0.05) is 18.9 Å². The molecule has 0 saturated heterocycles. The number of carboxylic acid groups (broad SMARTS) is 1. The Balaban J connectivity index is 2.47. The van der Waals surface area contributed by atoms with Crippen LogP contribution in [-0.4, -0.2) is 57.6 Å². The molecular formula is C10H13F3N4O3. The second-order valence-electron chi connectivity index (χ2n) is 3.87. The number of aromatic nitrogens is 2. The first kappa shape index (κ1) is 15.8. The second kappa shape index (κ2) is 6.78. The van der Waals surface area contributed by atoms with Crippen molar-refractivity contribution >= 4 is 12.0 Å². The second-order valence-corrected chi connectivity index (χ2v) is 3.87. The van der Waals surface area contributed by atoms with Crippen LogP contribution in [0.3, 0.4) is 0 Å². The van der Waals surface area contributed by atoms with Gasteiger partial charge in [-0.15, -0.1) is 0 Å². The highest BCUT2D eigenvalue weighted by molar-refractivity contribution is 5.80. The zero-order valence-electron chi connectivity index (χ0n) is 10.3. The summed E-state index contributed by atoms with van der Waals surface area (Å²) in [6.07, 6.45) is -1.52. The number of carbonyl (C=O) groups is 2. The minimum Gasteiger partial charge on any atom is -0.480 e.